The van der Waals surface area contributed by atoms with E-state index < -0.39 is 41.2 Å². The molecule has 2 bridgehead atoms. The van der Waals surface area contributed by atoms with Crippen molar-refractivity contribution in [1.82, 2.24) is 0 Å². The van der Waals surface area contributed by atoms with Gasteiger partial charge in [0.1, 0.15) is 11.7 Å². The molecule has 1 unspecified atom stereocenters. The van der Waals surface area contributed by atoms with Gasteiger partial charge in [-0.1, -0.05) is 51.1 Å². The Morgan fingerprint density at radius 3 is 2.53 bits per heavy atom. The van der Waals surface area contributed by atoms with Gasteiger partial charge >= 0.3 is 6.09 Å². The molecule has 4 aliphatic carbocycles. The number of aliphatic hydroxyl groups is 2. The molecule has 0 radical (unpaired) electrons. The van der Waals surface area contributed by atoms with Gasteiger partial charge < -0.3 is 24.4 Å². The lowest BCUT2D eigenvalue weighted by molar-refractivity contribution is -0.311. The first-order valence-electron chi connectivity index (χ1n) is 13.9. The Labute approximate surface area is 225 Å². The van der Waals surface area contributed by atoms with Crippen LogP contribution < -0.4 is 4.90 Å². The van der Waals surface area contributed by atoms with Crippen LogP contribution in [0.5, 0.6) is 0 Å². The van der Waals surface area contributed by atoms with Gasteiger partial charge in [-0.15, -0.1) is 0 Å². The fourth-order valence-corrected chi connectivity index (χ4v) is 8.55. The molecular weight excluding hydrogens is 482 g/mol. The summed E-state index contributed by atoms with van der Waals surface area (Å²) in [5.74, 6) is -0.450. The quantitative estimate of drug-likeness (QED) is 0.547. The van der Waals surface area contributed by atoms with Crippen molar-refractivity contribution in [3.63, 3.8) is 0 Å². The van der Waals surface area contributed by atoms with Gasteiger partial charge in [0.15, 0.2) is 11.9 Å². The molecule has 1 aliphatic heterocycles. The number of ether oxygens (including phenoxy) is 3. The maximum atomic E-state index is 13.5. The Morgan fingerprint density at radius 2 is 1.84 bits per heavy atom. The molecule has 1 aromatic carbocycles. The first kappa shape index (κ1) is 26.1. The average molecular weight is 524 g/mol. The zero-order valence-electron chi connectivity index (χ0n) is 23.5. The van der Waals surface area contributed by atoms with Crippen molar-refractivity contribution in [2.45, 2.75) is 77.7 Å². The second-order valence-electron chi connectivity index (χ2n) is 13.3. The third-order valence-corrected chi connectivity index (χ3v) is 10.6. The van der Waals surface area contributed by atoms with Crippen molar-refractivity contribution < 1.29 is 29.2 Å². The average Bonchev–Trinajstić information content (AvgIpc) is 3.36. The molecule has 7 heteroatoms. The highest BCUT2D eigenvalue weighted by atomic mass is 16.7. The highest BCUT2D eigenvalue weighted by molar-refractivity contribution is 5.87. The Bertz CT molecular complexity index is 1210. The van der Waals surface area contributed by atoms with E-state index in [1.165, 1.54) is 4.90 Å². The van der Waals surface area contributed by atoms with Crippen LogP contribution in [0.25, 0.3) is 0 Å². The fraction of sp³-hybridized carbons (Fsp3) is 0.645. The Hall–Kier alpha value is -2.19. The number of carbonyl (C=O) groups excluding carboxylic acids is 1. The highest BCUT2D eigenvalue weighted by Crippen LogP contribution is 2.73. The van der Waals surface area contributed by atoms with Gasteiger partial charge in [0.25, 0.3) is 0 Å². The Morgan fingerprint density at radius 1 is 1.16 bits per heavy atom. The maximum absolute atomic E-state index is 13.5. The van der Waals surface area contributed by atoms with E-state index in [1.54, 1.807) is 7.05 Å². The lowest BCUT2D eigenvalue weighted by Crippen LogP contribution is -2.69. The number of rotatable bonds is 2. The largest absolute Gasteiger partial charge is 0.438 e. The van der Waals surface area contributed by atoms with Crippen molar-refractivity contribution in [3.05, 3.63) is 53.6 Å². The molecular formula is C31H41NO6. The number of hydrogen-bond acceptors (Lipinski definition) is 6. The summed E-state index contributed by atoms with van der Waals surface area (Å²) >= 11 is 0. The zero-order chi connectivity index (χ0) is 27.4. The Kier molecular flexibility index (Phi) is 5.60. The molecule has 5 aliphatic rings. The van der Waals surface area contributed by atoms with Crippen LogP contribution in [0.15, 0.2) is 53.6 Å². The van der Waals surface area contributed by atoms with Crippen molar-refractivity contribution in [1.29, 1.82) is 0 Å². The first-order valence-corrected chi connectivity index (χ1v) is 13.9. The van der Waals surface area contributed by atoms with Gasteiger partial charge in [-0.2, -0.15) is 0 Å². The molecule has 7 nitrogen and oxygen atoms in total. The van der Waals surface area contributed by atoms with Gasteiger partial charge in [0, 0.05) is 18.7 Å². The second-order valence-corrected chi connectivity index (χ2v) is 13.3. The van der Waals surface area contributed by atoms with Gasteiger partial charge in [-0.05, 0) is 73.6 Å². The number of anilines is 1. The summed E-state index contributed by atoms with van der Waals surface area (Å²) in [6.07, 6.45) is 1.76. The summed E-state index contributed by atoms with van der Waals surface area (Å²) < 4.78 is 18.8. The van der Waals surface area contributed by atoms with Gasteiger partial charge in [0.05, 0.1) is 18.1 Å². The van der Waals surface area contributed by atoms with E-state index in [0.717, 1.165) is 17.6 Å². The normalized spacial score (nSPS) is 43.8. The van der Waals surface area contributed by atoms with Gasteiger partial charge in [0.2, 0.25) is 0 Å². The van der Waals surface area contributed by atoms with Crippen LogP contribution in [0.4, 0.5) is 10.5 Å². The molecule has 0 aromatic heterocycles. The number of hydrogen-bond donors (Lipinski definition) is 2. The van der Waals surface area contributed by atoms with Crippen LogP contribution >= 0.6 is 0 Å². The van der Waals surface area contributed by atoms with Crippen molar-refractivity contribution in [2.75, 3.05) is 18.6 Å². The predicted molar refractivity (Wildman–Crippen MR) is 143 cm³/mol. The number of aliphatic hydroxyl groups excluding tert-OH is 1. The summed E-state index contributed by atoms with van der Waals surface area (Å²) in [4.78, 5) is 14.9. The molecule has 6 rings (SSSR count). The molecule has 206 valence electrons. The zero-order valence-corrected chi connectivity index (χ0v) is 23.5. The molecule has 1 aromatic rings. The minimum Gasteiger partial charge on any atom is -0.438 e. The van der Waals surface area contributed by atoms with Crippen LogP contribution in [0.2, 0.25) is 0 Å². The number of para-hydroxylation sites is 1. The highest BCUT2D eigenvalue weighted by Gasteiger charge is 2.77. The van der Waals surface area contributed by atoms with E-state index in [9.17, 15) is 15.0 Å². The van der Waals surface area contributed by atoms with Gasteiger partial charge in [-0.3, -0.25) is 4.90 Å². The van der Waals surface area contributed by atoms with E-state index in [2.05, 4.69) is 26.8 Å². The molecule has 1 saturated heterocycles. The van der Waals surface area contributed by atoms with Crippen LogP contribution in [-0.4, -0.2) is 59.7 Å². The van der Waals surface area contributed by atoms with E-state index in [1.807, 2.05) is 57.2 Å². The standard InChI is InChI=1S/C31H41NO6/c1-17-15-30-18(2)13-22-23(28(22,3)4)21(24(30)33)14-19-16-36-29(5,6)38-26(19)31(30,35)25(17)37-27(34)32(7)20-11-9-8-10-12-20/h8-12,14-15,18,21-26,33,35H,13,16H2,1-7H3/t18-,21+,22-,23+,24?,25+,26-,30+,31-/m1/s1. The predicted octanol–water partition coefficient (Wildman–Crippen LogP) is 4.69. The topological polar surface area (TPSA) is 88.5 Å². The van der Waals surface area contributed by atoms with Crippen molar-refractivity contribution >= 4 is 11.8 Å². The molecule has 1 heterocycles. The lowest BCUT2D eigenvalue weighted by atomic mass is 9.58. The van der Waals surface area contributed by atoms with Crippen LogP contribution in [0, 0.1) is 34.5 Å². The summed E-state index contributed by atoms with van der Waals surface area (Å²) in [5, 5.41) is 25.4. The summed E-state index contributed by atoms with van der Waals surface area (Å²) in [7, 11) is 1.66. The van der Waals surface area contributed by atoms with Crippen LogP contribution in [-0.2, 0) is 14.2 Å². The monoisotopic (exact) mass is 523 g/mol. The van der Waals surface area contributed by atoms with E-state index in [0.29, 0.717) is 17.5 Å². The summed E-state index contributed by atoms with van der Waals surface area (Å²) in [6.45, 7) is 12.5. The SMILES string of the molecule is CC1=C[C@]23C(O)[C@@H](C=C4COC(C)(C)O[C@H]4[C@]2(O)[C@H]1OC(=O)N(C)c1ccccc1)[C@H]1[C@@H](C[C@H]3C)C1(C)C. The number of carbonyl (C=O) groups is 1. The fourth-order valence-electron chi connectivity index (χ4n) is 8.55. The maximum Gasteiger partial charge on any atom is 0.414 e. The second kappa shape index (κ2) is 8.17. The molecule has 38 heavy (non-hydrogen) atoms. The molecule has 9 atom stereocenters. The number of amides is 1. The molecule has 3 fully saturated rings. The Balaban J connectivity index is 1.48. The molecule has 1 spiro atoms. The summed E-state index contributed by atoms with van der Waals surface area (Å²) in [6, 6.07) is 9.28. The molecule has 2 saturated carbocycles. The minimum absolute atomic E-state index is 0.0745. The summed E-state index contributed by atoms with van der Waals surface area (Å²) in [5.41, 5.74) is -0.434. The van der Waals surface area contributed by atoms with Gasteiger partial charge in [-0.25, -0.2) is 4.79 Å². The van der Waals surface area contributed by atoms with Crippen molar-refractivity contribution in [2.24, 2.45) is 34.5 Å². The third-order valence-electron chi connectivity index (χ3n) is 10.6. The number of nitrogens with zero attached hydrogens (tertiary/aromatic N) is 1. The number of benzene rings is 1. The van der Waals surface area contributed by atoms with E-state index >= 15 is 0 Å². The molecule has 1 amide bonds. The van der Waals surface area contributed by atoms with Crippen LogP contribution in [0.3, 0.4) is 0 Å². The van der Waals surface area contributed by atoms with E-state index in [4.69, 9.17) is 14.2 Å². The molecule has 2 N–H and O–H groups in total. The smallest absolute Gasteiger partial charge is 0.414 e. The third kappa shape index (κ3) is 3.31. The lowest BCUT2D eigenvalue weighted by Gasteiger charge is -2.55. The first-order chi connectivity index (χ1) is 17.8. The number of fused-ring (bicyclic) bond motifs is 5. The van der Waals surface area contributed by atoms with Crippen LogP contribution in [0.1, 0.15) is 48.0 Å². The van der Waals surface area contributed by atoms with E-state index in [-0.39, 0.29) is 23.9 Å². The minimum atomic E-state index is -1.72. The van der Waals surface area contributed by atoms with Crippen molar-refractivity contribution in [3.8, 4) is 0 Å².